The van der Waals surface area contributed by atoms with E-state index >= 15 is 0 Å². The molecule has 0 N–H and O–H groups in total. The molecule has 0 nitrogen and oxygen atoms in total. The molecule has 3 aromatic rings. The highest BCUT2D eigenvalue weighted by atomic mass is 79.9. The molecule has 1 heteroatoms. The Morgan fingerprint density at radius 1 is 0.586 bits per heavy atom. The summed E-state index contributed by atoms with van der Waals surface area (Å²) in [6, 6.07) is 25.7. The highest BCUT2D eigenvalue weighted by Gasteiger charge is 1.99. The van der Waals surface area contributed by atoms with E-state index < -0.39 is 0 Å². The fraction of sp³-hybridized carbons (Fsp3) is 0.286. The van der Waals surface area contributed by atoms with E-state index in [0.29, 0.717) is 0 Å². The van der Waals surface area contributed by atoms with Gasteiger partial charge in [0.05, 0.1) is 0 Å². The fourth-order valence-corrected chi connectivity index (χ4v) is 3.66. The van der Waals surface area contributed by atoms with E-state index in [1.54, 1.807) is 0 Å². The maximum absolute atomic E-state index is 3.45. The normalized spacial score (nSPS) is 10.4. The van der Waals surface area contributed by atoms with Gasteiger partial charge >= 0.3 is 0 Å². The van der Waals surface area contributed by atoms with Crippen molar-refractivity contribution in [1.82, 2.24) is 0 Å². The van der Waals surface area contributed by atoms with Crippen molar-refractivity contribution in [3.8, 4) is 23.0 Å². The third kappa shape index (κ3) is 7.22. The minimum Gasteiger partial charge on any atom is -0.0654 e. The lowest BCUT2D eigenvalue weighted by atomic mass is 10.00. The molecule has 0 radical (unpaired) electrons. The Morgan fingerprint density at radius 3 is 1.66 bits per heavy atom. The van der Waals surface area contributed by atoms with Gasteiger partial charge in [-0.3, -0.25) is 0 Å². The first-order valence-electron chi connectivity index (χ1n) is 10.7. The van der Waals surface area contributed by atoms with Crippen LogP contribution in [0.15, 0.2) is 77.3 Å². The zero-order valence-electron chi connectivity index (χ0n) is 17.3. The number of aryl methyl sites for hydroxylation is 1. The zero-order chi connectivity index (χ0) is 20.3. The molecule has 3 rings (SSSR count). The smallest absolute Gasteiger partial charge is 0.0249 e. The molecular formula is C28H29Br. The van der Waals surface area contributed by atoms with Gasteiger partial charge in [0.1, 0.15) is 0 Å². The van der Waals surface area contributed by atoms with E-state index in [9.17, 15) is 0 Å². The minimum absolute atomic E-state index is 1.03. The second kappa shape index (κ2) is 11.6. The van der Waals surface area contributed by atoms with Crippen LogP contribution in [-0.4, -0.2) is 0 Å². The average molecular weight is 445 g/mol. The van der Waals surface area contributed by atoms with Crippen LogP contribution < -0.4 is 0 Å². The van der Waals surface area contributed by atoms with E-state index in [4.69, 9.17) is 0 Å². The number of benzene rings is 3. The Bertz CT molecular complexity index is 923. The van der Waals surface area contributed by atoms with Crippen molar-refractivity contribution in [2.75, 3.05) is 0 Å². The molecule has 0 fully saturated rings. The van der Waals surface area contributed by atoms with Crippen molar-refractivity contribution >= 4 is 15.9 Å². The van der Waals surface area contributed by atoms with Crippen molar-refractivity contribution in [2.45, 2.75) is 51.9 Å². The molecule has 29 heavy (non-hydrogen) atoms. The van der Waals surface area contributed by atoms with Gasteiger partial charge < -0.3 is 0 Å². The van der Waals surface area contributed by atoms with Crippen LogP contribution in [0.3, 0.4) is 0 Å². The van der Waals surface area contributed by atoms with Gasteiger partial charge in [0.25, 0.3) is 0 Å². The van der Waals surface area contributed by atoms with Gasteiger partial charge in [0, 0.05) is 15.6 Å². The summed E-state index contributed by atoms with van der Waals surface area (Å²) >= 11 is 3.45. The first-order chi connectivity index (χ1) is 14.2. The molecule has 148 valence electrons. The summed E-state index contributed by atoms with van der Waals surface area (Å²) < 4.78 is 1.07. The Labute approximate surface area is 184 Å². The maximum Gasteiger partial charge on any atom is 0.0249 e. The minimum atomic E-state index is 1.03. The molecular weight excluding hydrogens is 416 g/mol. The number of unbranched alkanes of at least 4 members (excludes halogenated alkanes) is 5. The lowest BCUT2D eigenvalue weighted by Crippen LogP contribution is -1.87. The molecule has 3 aromatic carbocycles. The highest BCUT2D eigenvalue weighted by Crippen LogP contribution is 2.21. The third-order valence-electron chi connectivity index (χ3n) is 5.19. The number of halogens is 1. The second-order valence-corrected chi connectivity index (χ2v) is 8.46. The maximum atomic E-state index is 3.45. The molecule has 0 bridgehead atoms. The molecule has 0 aliphatic heterocycles. The second-order valence-electron chi connectivity index (χ2n) is 7.55. The molecule has 0 heterocycles. The lowest BCUT2D eigenvalue weighted by Gasteiger charge is -2.05. The quantitative estimate of drug-likeness (QED) is 0.241. The van der Waals surface area contributed by atoms with Crippen LogP contribution in [0.4, 0.5) is 0 Å². The van der Waals surface area contributed by atoms with Crippen molar-refractivity contribution in [2.24, 2.45) is 0 Å². The van der Waals surface area contributed by atoms with E-state index in [1.807, 2.05) is 24.3 Å². The summed E-state index contributed by atoms with van der Waals surface area (Å²) in [6.45, 7) is 2.27. The van der Waals surface area contributed by atoms with Gasteiger partial charge in [-0.1, -0.05) is 103 Å². The largest absolute Gasteiger partial charge is 0.0654 e. The van der Waals surface area contributed by atoms with Gasteiger partial charge in [0.15, 0.2) is 0 Å². The molecule has 0 saturated heterocycles. The summed E-state index contributed by atoms with van der Waals surface area (Å²) in [5.74, 6) is 6.46. The molecule has 0 aliphatic rings. The van der Waals surface area contributed by atoms with Gasteiger partial charge in [-0.25, -0.2) is 0 Å². The summed E-state index contributed by atoms with van der Waals surface area (Å²) in [6.07, 6.45) is 9.31. The summed E-state index contributed by atoms with van der Waals surface area (Å²) in [7, 11) is 0. The summed E-state index contributed by atoms with van der Waals surface area (Å²) in [5, 5.41) is 0. The van der Waals surface area contributed by atoms with Crippen LogP contribution in [-0.2, 0) is 6.42 Å². The number of hydrogen-bond acceptors (Lipinski definition) is 0. The van der Waals surface area contributed by atoms with Crippen LogP contribution in [0.5, 0.6) is 0 Å². The monoisotopic (exact) mass is 444 g/mol. The number of hydrogen-bond donors (Lipinski definition) is 0. The highest BCUT2D eigenvalue weighted by molar-refractivity contribution is 9.10. The van der Waals surface area contributed by atoms with Crippen molar-refractivity contribution in [1.29, 1.82) is 0 Å². The van der Waals surface area contributed by atoms with Crippen molar-refractivity contribution in [3.05, 3.63) is 94.0 Å². The molecule has 0 saturated carbocycles. The predicted molar refractivity (Wildman–Crippen MR) is 129 cm³/mol. The standard InChI is InChI=1S/C28H29Br/c1-2-3-4-5-6-7-8-23-11-17-26(18-12-23)27-19-13-24(14-20-27)9-10-25-15-21-28(29)22-16-25/h11-22H,2-8H2,1H3. The fourth-order valence-electron chi connectivity index (χ4n) is 3.40. The van der Waals surface area contributed by atoms with Crippen LogP contribution in [0.2, 0.25) is 0 Å². The topological polar surface area (TPSA) is 0 Å². The van der Waals surface area contributed by atoms with Gasteiger partial charge in [-0.15, -0.1) is 0 Å². The van der Waals surface area contributed by atoms with Crippen LogP contribution in [0.1, 0.15) is 62.1 Å². The van der Waals surface area contributed by atoms with Gasteiger partial charge in [-0.05, 0) is 65.9 Å². The Balaban J connectivity index is 1.54. The lowest BCUT2D eigenvalue weighted by molar-refractivity contribution is 0.607. The number of rotatable bonds is 8. The van der Waals surface area contributed by atoms with E-state index in [-0.39, 0.29) is 0 Å². The molecule has 0 atom stereocenters. The SMILES string of the molecule is CCCCCCCCc1ccc(-c2ccc(C#Cc3ccc(Br)cc3)cc2)cc1. The average Bonchev–Trinajstić information content (AvgIpc) is 2.77. The Kier molecular flexibility index (Phi) is 8.59. The first-order valence-corrected chi connectivity index (χ1v) is 11.5. The van der Waals surface area contributed by atoms with Crippen molar-refractivity contribution in [3.63, 3.8) is 0 Å². The van der Waals surface area contributed by atoms with E-state index in [1.165, 1.54) is 61.6 Å². The van der Waals surface area contributed by atoms with Crippen LogP contribution in [0, 0.1) is 11.8 Å². The molecule has 0 spiro atoms. The zero-order valence-corrected chi connectivity index (χ0v) is 18.8. The molecule has 0 aromatic heterocycles. The molecule has 0 unspecified atom stereocenters. The predicted octanol–water partition coefficient (Wildman–Crippen LogP) is 8.42. The van der Waals surface area contributed by atoms with Crippen molar-refractivity contribution < 1.29 is 0 Å². The van der Waals surface area contributed by atoms with Crippen LogP contribution >= 0.6 is 15.9 Å². The van der Waals surface area contributed by atoms with E-state index in [2.05, 4.69) is 83.2 Å². The molecule has 0 amide bonds. The van der Waals surface area contributed by atoms with E-state index in [0.717, 1.165) is 15.6 Å². The molecule has 0 aliphatic carbocycles. The van der Waals surface area contributed by atoms with Crippen LogP contribution in [0.25, 0.3) is 11.1 Å². The summed E-state index contributed by atoms with van der Waals surface area (Å²) in [5.41, 5.74) is 6.02. The Hall–Kier alpha value is -2.30. The summed E-state index contributed by atoms with van der Waals surface area (Å²) in [4.78, 5) is 0. The first kappa shape index (κ1) is 21.4. The Morgan fingerprint density at radius 2 is 1.07 bits per heavy atom. The van der Waals surface area contributed by atoms with Gasteiger partial charge in [0.2, 0.25) is 0 Å². The van der Waals surface area contributed by atoms with Gasteiger partial charge in [-0.2, -0.15) is 0 Å². The third-order valence-corrected chi connectivity index (χ3v) is 5.72.